The molecule has 0 spiro atoms. The maximum atomic E-state index is 13.3. The van der Waals surface area contributed by atoms with E-state index < -0.39 is 17.7 Å². The van der Waals surface area contributed by atoms with Gasteiger partial charge in [-0.1, -0.05) is 32.6 Å². The fraction of sp³-hybridized carbons (Fsp3) is 0.500. The van der Waals surface area contributed by atoms with Gasteiger partial charge in [0.15, 0.2) is 0 Å². The van der Waals surface area contributed by atoms with Gasteiger partial charge in [0.1, 0.15) is 11.6 Å². The van der Waals surface area contributed by atoms with Gasteiger partial charge in [0, 0.05) is 12.6 Å². The molecule has 0 heterocycles. The van der Waals surface area contributed by atoms with Crippen molar-refractivity contribution in [3.8, 4) is 0 Å². The molecule has 0 atom stereocenters. The maximum Gasteiger partial charge on any atom is 0.319 e. The number of carbonyl (C=O) groups excluding carboxylic acids is 1. The summed E-state index contributed by atoms with van der Waals surface area (Å²) in [5, 5.41) is 4.99. The molecule has 1 aromatic carbocycles. The third kappa shape index (κ3) is 6.18. The number of unbranched alkanes of at least 4 members (excludes halogenated alkanes) is 4. The first kappa shape index (κ1) is 15.4. The van der Waals surface area contributed by atoms with Crippen molar-refractivity contribution in [1.29, 1.82) is 0 Å². The molecule has 3 nitrogen and oxygen atoms in total. The lowest BCUT2D eigenvalue weighted by Gasteiger charge is -2.08. The summed E-state index contributed by atoms with van der Waals surface area (Å²) in [6, 6.07) is 2.57. The maximum absolute atomic E-state index is 13.3. The molecular weight excluding hydrogens is 250 g/mol. The molecule has 2 amide bonds. The monoisotopic (exact) mass is 270 g/mol. The molecule has 0 aliphatic carbocycles. The smallest absolute Gasteiger partial charge is 0.319 e. The number of hydrogen-bond acceptors (Lipinski definition) is 1. The zero-order valence-electron chi connectivity index (χ0n) is 11.1. The average molecular weight is 270 g/mol. The fourth-order valence-corrected chi connectivity index (χ4v) is 1.69. The fourth-order valence-electron chi connectivity index (χ4n) is 1.69. The van der Waals surface area contributed by atoms with Crippen LogP contribution in [0.2, 0.25) is 0 Å². The quantitative estimate of drug-likeness (QED) is 0.721. The SMILES string of the molecule is CCCCCCCNC(=O)Nc1ccc(F)cc1F. The van der Waals surface area contributed by atoms with E-state index in [1.165, 1.54) is 18.9 Å². The Balaban J connectivity index is 2.23. The molecule has 106 valence electrons. The van der Waals surface area contributed by atoms with Crippen LogP contribution in [0.5, 0.6) is 0 Å². The highest BCUT2D eigenvalue weighted by atomic mass is 19.1. The van der Waals surface area contributed by atoms with Crippen LogP contribution in [-0.4, -0.2) is 12.6 Å². The molecule has 0 saturated carbocycles. The Labute approximate surface area is 112 Å². The first-order chi connectivity index (χ1) is 9.13. The Hall–Kier alpha value is -1.65. The van der Waals surface area contributed by atoms with Gasteiger partial charge in [-0.25, -0.2) is 13.6 Å². The van der Waals surface area contributed by atoms with Crippen molar-refractivity contribution in [2.75, 3.05) is 11.9 Å². The summed E-state index contributed by atoms with van der Waals surface area (Å²) in [5.74, 6) is -1.45. The van der Waals surface area contributed by atoms with Gasteiger partial charge in [-0.05, 0) is 18.6 Å². The van der Waals surface area contributed by atoms with Gasteiger partial charge < -0.3 is 10.6 Å². The summed E-state index contributed by atoms with van der Waals surface area (Å²) >= 11 is 0. The highest BCUT2D eigenvalue weighted by molar-refractivity contribution is 5.89. The van der Waals surface area contributed by atoms with Crippen molar-refractivity contribution in [2.24, 2.45) is 0 Å². The zero-order chi connectivity index (χ0) is 14.1. The summed E-state index contributed by atoms with van der Waals surface area (Å²) in [4.78, 5) is 11.5. The Morgan fingerprint density at radius 3 is 2.58 bits per heavy atom. The van der Waals surface area contributed by atoms with Gasteiger partial charge in [0.25, 0.3) is 0 Å². The molecule has 0 fully saturated rings. The van der Waals surface area contributed by atoms with Crippen LogP contribution in [-0.2, 0) is 0 Å². The number of carbonyl (C=O) groups is 1. The first-order valence-electron chi connectivity index (χ1n) is 6.63. The summed E-state index contributed by atoms with van der Waals surface area (Å²) in [5.41, 5.74) is -0.0233. The number of urea groups is 1. The number of benzene rings is 1. The lowest BCUT2D eigenvalue weighted by atomic mass is 10.1. The molecule has 0 aliphatic heterocycles. The van der Waals surface area contributed by atoms with Gasteiger partial charge in [0.05, 0.1) is 5.69 Å². The van der Waals surface area contributed by atoms with Gasteiger partial charge in [-0.15, -0.1) is 0 Å². The van der Waals surface area contributed by atoms with E-state index in [4.69, 9.17) is 0 Å². The molecule has 1 aromatic rings. The van der Waals surface area contributed by atoms with Crippen LogP contribution in [0.25, 0.3) is 0 Å². The molecule has 0 unspecified atom stereocenters. The van der Waals surface area contributed by atoms with E-state index in [0.717, 1.165) is 31.4 Å². The molecule has 1 rings (SSSR count). The van der Waals surface area contributed by atoms with E-state index in [9.17, 15) is 13.6 Å². The number of anilines is 1. The second kappa shape index (κ2) is 8.45. The van der Waals surface area contributed by atoms with Crippen LogP contribution in [0, 0.1) is 11.6 Å². The lowest BCUT2D eigenvalue weighted by molar-refractivity contribution is 0.251. The van der Waals surface area contributed by atoms with E-state index in [2.05, 4.69) is 17.6 Å². The van der Waals surface area contributed by atoms with Gasteiger partial charge in [-0.2, -0.15) is 0 Å². The van der Waals surface area contributed by atoms with E-state index >= 15 is 0 Å². The van der Waals surface area contributed by atoms with Crippen molar-refractivity contribution in [3.05, 3.63) is 29.8 Å². The third-order valence-electron chi connectivity index (χ3n) is 2.75. The molecule has 0 radical (unpaired) electrons. The van der Waals surface area contributed by atoms with Crippen LogP contribution in [0.1, 0.15) is 39.0 Å². The topological polar surface area (TPSA) is 41.1 Å². The van der Waals surface area contributed by atoms with Gasteiger partial charge >= 0.3 is 6.03 Å². The molecular formula is C14H20F2N2O. The van der Waals surface area contributed by atoms with E-state index in [1.807, 2.05) is 0 Å². The molecule has 0 aliphatic rings. The van der Waals surface area contributed by atoms with E-state index in [-0.39, 0.29) is 5.69 Å². The highest BCUT2D eigenvalue weighted by Gasteiger charge is 2.06. The van der Waals surface area contributed by atoms with Crippen LogP contribution in [0.3, 0.4) is 0 Å². The van der Waals surface area contributed by atoms with Crippen LogP contribution in [0.15, 0.2) is 18.2 Å². The van der Waals surface area contributed by atoms with Crippen LogP contribution >= 0.6 is 0 Å². The molecule has 19 heavy (non-hydrogen) atoms. The predicted molar refractivity (Wildman–Crippen MR) is 72.1 cm³/mol. The predicted octanol–water partition coefficient (Wildman–Crippen LogP) is 4.06. The first-order valence-corrected chi connectivity index (χ1v) is 6.63. The standard InChI is InChI=1S/C14H20F2N2O/c1-2-3-4-5-6-9-17-14(19)18-13-8-7-11(15)10-12(13)16/h7-8,10H,2-6,9H2,1H3,(H2,17,18,19). The summed E-state index contributed by atoms with van der Waals surface area (Å²) < 4.78 is 25.9. The third-order valence-corrected chi connectivity index (χ3v) is 2.75. The Bertz CT molecular complexity index is 410. The van der Waals surface area contributed by atoms with Gasteiger partial charge in [0.2, 0.25) is 0 Å². The molecule has 5 heteroatoms. The summed E-state index contributed by atoms with van der Waals surface area (Å²) in [6.45, 7) is 2.70. The van der Waals surface area contributed by atoms with Crippen molar-refractivity contribution >= 4 is 11.7 Å². The molecule has 0 bridgehead atoms. The summed E-state index contributed by atoms with van der Waals surface area (Å²) in [6.07, 6.45) is 5.51. The van der Waals surface area contributed by atoms with Crippen LogP contribution < -0.4 is 10.6 Å². The number of amides is 2. The molecule has 0 saturated heterocycles. The minimum Gasteiger partial charge on any atom is -0.338 e. The van der Waals surface area contributed by atoms with Crippen molar-refractivity contribution in [3.63, 3.8) is 0 Å². The average Bonchev–Trinajstić information content (AvgIpc) is 2.37. The van der Waals surface area contributed by atoms with Crippen molar-refractivity contribution in [2.45, 2.75) is 39.0 Å². The normalized spacial score (nSPS) is 10.3. The Kier molecular flexibility index (Phi) is 6.85. The number of halogens is 2. The van der Waals surface area contributed by atoms with E-state index in [1.54, 1.807) is 0 Å². The molecule has 2 N–H and O–H groups in total. The lowest BCUT2D eigenvalue weighted by Crippen LogP contribution is -2.29. The second-order valence-corrected chi connectivity index (χ2v) is 4.42. The number of nitrogens with one attached hydrogen (secondary N) is 2. The van der Waals surface area contributed by atoms with Gasteiger partial charge in [-0.3, -0.25) is 0 Å². The van der Waals surface area contributed by atoms with Crippen molar-refractivity contribution < 1.29 is 13.6 Å². The highest BCUT2D eigenvalue weighted by Crippen LogP contribution is 2.14. The van der Waals surface area contributed by atoms with Crippen molar-refractivity contribution in [1.82, 2.24) is 5.32 Å². The second-order valence-electron chi connectivity index (χ2n) is 4.42. The largest absolute Gasteiger partial charge is 0.338 e. The molecule has 0 aromatic heterocycles. The van der Waals surface area contributed by atoms with E-state index in [0.29, 0.717) is 6.54 Å². The summed E-state index contributed by atoms with van der Waals surface area (Å²) in [7, 11) is 0. The zero-order valence-corrected chi connectivity index (χ0v) is 11.1. The van der Waals surface area contributed by atoms with Crippen LogP contribution in [0.4, 0.5) is 19.3 Å². The minimum absolute atomic E-state index is 0.0233. The Morgan fingerprint density at radius 2 is 1.89 bits per heavy atom. The number of hydrogen-bond donors (Lipinski definition) is 2. The number of rotatable bonds is 7. The minimum atomic E-state index is -0.780. The Morgan fingerprint density at radius 1 is 1.16 bits per heavy atom.